The summed E-state index contributed by atoms with van der Waals surface area (Å²) in [6.45, 7) is 1.72. The number of likely N-dealkylation sites (tertiary alicyclic amines) is 1. The average molecular weight is 413 g/mol. The molecule has 150 valence electrons. The first-order valence-corrected chi connectivity index (χ1v) is 9.94. The van der Waals surface area contributed by atoms with Crippen LogP contribution in [0.25, 0.3) is 17.0 Å². The van der Waals surface area contributed by atoms with Crippen LogP contribution >= 0.6 is 11.6 Å². The second-order valence-electron chi connectivity index (χ2n) is 7.24. The molecule has 1 aromatic heterocycles. The molecule has 1 aliphatic rings. The Bertz CT molecular complexity index is 1060. The summed E-state index contributed by atoms with van der Waals surface area (Å²) in [6.07, 6.45) is 5.60. The molecular formula is C23H22ClFN2O2. The third-order valence-corrected chi connectivity index (χ3v) is 5.60. The molecule has 6 heteroatoms. The van der Waals surface area contributed by atoms with Crippen LogP contribution < -0.4 is 0 Å². The van der Waals surface area contributed by atoms with Gasteiger partial charge in [0.05, 0.1) is 16.1 Å². The van der Waals surface area contributed by atoms with E-state index >= 15 is 0 Å². The van der Waals surface area contributed by atoms with Crippen LogP contribution in [0, 0.1) is 5.82 Å². The number of aromatic nitrogens is 1. The van der Waals surface area contributed by atoms with Crippen molar-refractivity contribution in [3.05, 3.63) is 76.2 Å². The summed E-state index contributed by atoms with van der Waals surface area (Å²) in [6, 6.07) is 12.1. The second-order valence-corrected chi connectivity index (χ2v) is 7.65. The molecule has 0 radical (unpaired) electrons. The van der Waals surface area contributed by atoms with Gasteiger partial charge in [0.25, 0.3) is 5.91 Å². The number of methoxy groups -OCH3 is 1. The van der Waals surface area contributed by atoms with E-state index in [0.29, 0.717) is 30.4 Å². The highest BCUT2D eigenvalue weighted by Crippen LogP contribution is 2.28. The van der Waals surface area contributed by atoms with Crippen molar-refractivity contribution in [1.82, 2.24) is 9.47 Å². The van der Waals surface area contributed by atoms with Crippen LogP contribution in [-0.2, 0) is 11.5 Å². The first-order valence-electron chi connectivity index (χ1n) is 9.57. The van der Waals surface area contributed by atoms with E-state index in [1.807, 2.05) is 33.9 Å². The Kier molecular flexibility index (Phi) is 5.69. The standard InChI is InChI=1S/C23H22ClFN2O2/c1-29-15-27-11-8-18-13-20(21(24)14-22(18)27)23(28)26-9-6-17(7-10-26)12-16-2-4-19(25)5-3-16/h2-5,8,11-14H,6-7,9-10,15H2,1H3. The summed E-state index contributed by atoms with van der Waals surface area (Å²) in [5.74, 6) is -0.281. The average Bonchev–Trinajstić information content (AvgIpc) is 3.11. The van der Waals surface area contributed by atoms with Gasteiger partial charge in [0.2, 0.25) is 0 Å². The summed E-state index contributed by atoms with van der Waals surface area (Å²) >= 11 is 6.45. The number of amides is 1. The number of hydrogen-bond acceptors (Lipinski definition) is 2. The van der Waals surface area contributed by atoms with Crippen molar-refractivity contribution in [3.63, 3.8) is 0 Å². The number of fused-ring (bicyclic) bond motifs is 1. The van der Waals surface area contributed by atoms with E-state index in [1.54, 1.807) is 19.2 Å². The van der Waals surface area contributed by atoms with Crippen LogP contribution in [-0.4, -0.2) is 35.6 Å². The van der Waals surface area contributed by atoms with Gasteiger partial charge < -0.3 is 14.2 Å². The number of carbonyl (C=O) groups excluding carboxylic acids is 1. The molecule has 29 heavy (non-hydrogen) atoms. The summed E-state index contributed by atoms with van der Waals surface area (Å²) < 4.78 is 20.2. The number of nitrogens with zero attached hydrogens (tertiary/aromatic N) is 2. The zero-order valence-electron chi connectivity index (χ0n) is 16.2. The fourth-order valence-corrected chi connectivity index (χ4v) is 3.97. The van der Waals surface area contributed by atoms with Crippen LogP contribution in [0.3, 0.4) is 0 Å². The molecule has 1 aliphatic heterocycles. The van der Waals surface area contributed by atoms with Crippen LogP contribution in [0.4, 0.5) is 4.39 Å². The number of ether oxygens (including phenoxy) is 1. The molecule has 0 spiro atoms. The van der Waals surface area contributed by atoms with Crippen molar-refractivity contribution in [1.29, 1.82) is 0 Å². The van der Waals surface area contributed by atoms with Crippen LogP contribution in [0.2, 0.25) is 5.02 Å². The van der Waals surface area contributed by atoms with Crippen molar-refractivity contribution in [3.8, 4) is 0 Å². The van der Waals surface area contributed by atoms with Crippen molar-refractivity contribution in [2.45, 2.75) is 19.6 Å². The Morgan fingerprint density at radius 1 is 1.17 bits per heavy atom. The predicted molar refractivity (Wildman–Crippen MR) is 113 cm³/mol. The van der Waals surface area contributed by atoms with Gasteiger partial charge >= 0.3 is 0 Å². The minimum Gasteiger partial charge on any atom is -0.364 e. The molecule has 0 N–H and O–H groups in total. The molecule has 1 amide bonds. The lowest BCUT2D eigenvalue weighted by Gasteiger charge is -2.29. The van der Waals surface area contributed by atoms with E-state index in [1.165, 1.54) is 17.7 Å². The Morgan fingerprint density at radius 2 is 1.90 bits per heavy atom. The third kappa shape index (κ3) is 4.21. The topological polar surface area (TPSA) is 34.5 Å². The van der Waals surface area contributed by atoms with Gasteiger partial charge in [-0.15, -0.1) is 0 Å². The van der Waals surface area contributed by atoms with Crippen molar-refractivity contribution < 1.29 is 13.9 Å². The number of benzene rings is 2. The van der Waals surface area contributed by atoms with E-state index in [4.69, 9.17) is 16.3 Å². The van der Waals surface area contributed by atoms with E-state index in [9.17, 15) is 9.18 Å². The number of halogens is 2. The Hall–Kier alpha value is -2.63. The Balaban J connectivity index is 1.48. The van der Waals surface area contributed by atoms with Crippen LogP contribution in [0.1, 0.15) is 28.8 Å². The van der Waals surface area contributed by atoms with Crippen LogP contribution in [0.15, 0.2) is 54.2 Å². The minimum atomic E-state index is -0.237. The first-order chi connectivity index (χ1) is 14.0. The molecule has 0 bridgehead atoms. The van der Waals surface area contributed by atoms with Crippen molar-refractivity contribution >= 4 is 34.5 Å². The Morgan fingerprint density at radius 3 is 2.59 bits per heavy atom. The predicted octanol–water partition coefficient (Wildman–Crippen LogP) is 5.36. The lowest BCUT2D eigenvalue weighted by molar-refractivity contribution is 0.0744. The molecule has 0 saturated carbocycles. The molecule has 0 unspecified atom stereocenters. The number of piperidine rings is 1. The largest absolute Gasteiger partial charge is 0.364 e. The highest BCUT2D eigenvalue weighted by molar-refractivity contribution is 6.34. The number of hydrogen-bond donors (Lipinski definition) is 0. The highest BCUT2D eigenvalue weighted by atomic mass is 35.5. The highest BCUT2D eigenvalue weighted by Gasteiger charge is 2.23. The maximum Gasteiger partial charge on any atom is 0.255 e. The molecule has 3 aromatic rings. The lowest BCUT2D eigenvalue weighted by Crippen LogP contribution is -2.36. The minimum absolute atomic E-state index is 0.0442. The SMILES string of the molecule is COCn1ccc2cc(C(=O)N3CCC(=Cc4ccc(F)cc4)CC3)c(Cl)cc21. The van der Waals surface area contributed by atoms with Gasteiger partial charge in [-0.25, -0.2) is 4.39 Å². The Labute approximate surface area is 174 Å². The van der Waals surface area contributed by atoms with Gasteiger partial charge in [0.15, 0.2) is 0 Å². The second kappa shape index (κ2) is 8.39. The molecule has 1 fully saturated rings. The van der Waals surface area contributed by atoms with Gasteiger partial charge in [-0.1, -0.05) is 35.4 Å². The lowest BCUT2D eigenvalue weighted by atomic mass is 10.00. The van der Waals surface area contributed by atoms with Gasteiger partial charge in [0, 0.05) is 31.8 Å². The molecule has 4 nitrogen and oxygen atoms in total. The molecule has 0 atom stereocenters. The van der Waals surface area contributed by atoms with Crippen molar-refractivity contribution in [2.24, 2.45) is 0 Å². The van der Waals surface area contributed by atoms with Crippen molar-refractivity contribution in [2.75, 3.05) is 20.2 Å². The smallest absolute Gasteiger partial charge is 0.255 e. The molecule has 2 heterocycles. The monoisotopic (exact) mass is 412 g/mol. The van der Waals surface area contributed by atoms with E-state index < -0.39 is 0 Å². The van der Waals surface area contributed by atoms with E-state index in [-0.39, 0.29) is 11.7 Å². The molecule has 4 rings (SSSR count). The fraction of sp³-hybridized carbons (Fsp3) is 0.261. The van der Waals surface area contributed by atoms with Gasteiger partial charge in [-0.3, -0.25) is 4.79 Å². The number of rotatable bonds is 4. The fourth-order valence-electron chi connectivity index (χ4n) is 3.73. The maximum absolute atomic E-state index is 13.1. The van der Waals surface area contributed by atoms with E-state index in [2.05, 4.69) is 6.08 Å². The van der Waals surface area contributed by atoms with Crippen LogP contribution in [0.5, 0.6) is 0 Å². The van der Waals surface area contributed by atoms with Gasteiger partial charge in [0.1, 0.15) is 12.5 Å². The number of carbonyl (C=O) groups is 1. The third-order valence-electron chi connectivity index (χ3n) is 5.29. The maximum atomic E-state index is 13.1. The zero-order chi connectivity index (χ0) is 20.4. The van der Waals surface area contributed by atoms with Gasteiger partial charge in [-0.2, -0.15) is 0 Å². The summed E-state index contributed by atoms with van der Waals surface area (Å²) in [4.78, 5) is 14.9. The molecule has 1 saturated heterocycles. The van der Waals surface area contributed by atoms with E-state index in [0.717, 1.165) is 29.3 Å². The molecule has 2 aromatic carbocycles. The molecular weight excluding hydrogens is 391 g/mol. The summed E-state index contributed by atoms with van der Waals surface area (Å²) in [5, 5.41) is 1.41. The zero-order valence-corrected chi connectivity index (χ0v) is 17.0. The summed E-state index contributed by atoms with van der Waals surface area (Å²) in [5.41, 5.74) is 3.71. The molecule has 0 aliphatic carbocycles. The van der Waals surface area contributed by atoms with Gasteiger partial charge in [-0.05, 0) is 48.7 Å². The quantitative estimate of drug-likeness (QED) is 0.578. The normalized spacial score (nSPS) is 14.4. The first kappa shape index (κ1) is 19.7. The summed E-state index contributed by atoms with van der Waals surface area (Å²) in [7, 11) is 1.64.